The van der Waals surface area contributed by atoms with Crippen LogP contribution in [0.2, 0.25) is 0 Å². The molecular formula is C15H21N3O2. The average Bonchev–Trinajstić information content (AvgIpc) is 3.24. The molecule has 0 aromatic heterocycles. The summed E-state index contributed by atoms with van der Waals surface area (Å²) in [5, 5.41) is 11.5. The van der Waals surface area contributed by atoms with Crippen molar-refractivity contribution in [2.45, 2.75) is 45.1 Å². The van der Waals surface area contributed by atoms with Crippen LogP contribution in [0.25, 0.3) is 0 Å². The van der Waals surface area contributed by atoms with Crippen molar-refractivity contribution >= 4 is 11.8 Å². The number of rotatable bonds is 4. The van der Waals surface area contributed by atoms with Crippen LogP contribution in [-0.2, 0) is 9.59 Å². The van der Waals surface area contributed by atoms with E-state index in [0.717, 1.165) is 12.8 Å². The van der Waals surface area contributed by atoms with Crippen molar-refractivity contribution in [2.24, 2.45) is 5.92 Å². The van der Waals surface area contributed by atoms with Gasteiger partial charge in [-0.1, -0.05) is 5.57 Å². The Bertz CT molecular complexity index is 452. The third kappa shape index (κ3) is 4.09. The number of allylic oxidation sites excluding steroid dienone is 1. The number of carbonyl (C=O) groups excluding carboxylic acids is 2. The summed E-state index contributed by atoms with van der Waals surface area (Å²) in [4.78, 5) is 25.1. The Hall–Kier alpha value is -1.83. The summed E-state index contributed by atoms with van der Waals surface area (Å²) in [5.41, 5.74) is 1.17. The molecule has 5 heteroatoms. The van der Waals surface area contributed by atoms with Gasteiger partial charge in [-0.2, -0.15) is 5.26 Å². The Balaban J connectivity index is 1.74. The second-order valence-electron chi connectivity index (χ2n) is 5.66. The van der Waals surface area contributed by atoms with Crippen molar-refractivity contribution in [1.82, 2.24) is 10.2 Å². The van der Waals surface area contributed by atoms with Gasteiger partial charge in [0.05, 0.1) is 6.07 Å². The average molecular weight is 275 g/mol. The van der Waals surface area contributed by atoms with E-state index < -0.39 is 0 Å². The number of hydrogen-bond donors (Lipinski definition) is 1. The molecule has 1 heterocycles. The number of likely N-dealkylation sites (tertiary alicyclic amines) is 1. The smallest absolute Gasteiger partial charge is 0.244 e. The second-order valence-corrected chi connectivity index (χ2v) is 5.66. The number of nitriles is 1. The maximum Gasteiger partial charge on any atom is 0.244 e. The van der Waals surface area contributed by atoms with Crippen LogP contribution in [-0.4, -0.2) is 35.8 Å². The van der Waals surface area contributed by atoms with E-state index >= 15 is 0 Å². The lowest BCUT2D eigenvalue weighted by atomic mass is 10.0. The van der Waals surface area contributed by atoms with E-state index in [1.54, 1.807) is 11.0 Å². The van der Waals surface area contributed by atoms with Gasteiger partial charge >= 0.3 is 0 Å². The van der Waals surface area contributed by atoms with Crippen LogP contribution in [0.15, 0.2) is 11.6 Å². The molecule has 2 amide bonds. The molecule has 1 aliphatic carbocycles. The van der Waals surface area contributed by atoms with E-state index in [-0.39, 0.29) is 24.3 Å². The molecule has 0 aromatic rings. The molecule has 1 saturated carbocycles. The highest BCUT2D eigenvalue weighted by molar-refractivity contribution is 5.88. The van der Waals surface area contributed by atoms with Crippen molar-refractivity contribution in [2.75, 3.05) is 13.1 Å². The fourth-order valence-corrected chi connectivity index (χ4v) is 2.56. The maximum absolute atomic E-state index is 11.9. The fraction of sp³-hybridized carbons (Fsp3) is 0.667. The zero-order valence-electron chi connectivity index (χ0n) is 11.9. The van der Waals surface area contributed by atoms with Crippen LogP contribution in [0.3, 0.4) is 0 Å². The molecule has 2 rings (SSSR count). The highest BCUT2D eigenvalue weighted by atomic mass is 16.2. The lowest BCUT2D eigenvalue weighted by molar-refractivity contribution is -0.131. The molecule has 1 N–H and O–H groups in total. The van der Waals surface area contributed by atoms with Crippen molar-refractivity contribution in [3.8, 4) is 6.07 Å². The van der Waals surface area contributed by atoms with Gasteiger partial charge in [-0.15, -0.1) is 0 Å². The van der Waals surface area contributed by atoms with Crippen LogP contribution in [0.1, 0.15) is 39.0 Å². The Morgan fingerprint density at radius 1 is 1.30 bits per heavy atom. The van der Waals surface area contributed by atoms with Crippen molar-refractivity contribution < 1.29 is 9.59 Å². The molecule has 0 aromatic carbocycles. The molecule has 20 heavy (non-hydrogen) atoms. The monoisotopic (exact) mass is 275 g/mol. The molecule has 5 nitrogen and oxygen atoms in total. The summed E-state index contributed by atoms with van der Waals surface area (Å²) < 4.78 is 0. The molecule has 2 fully saturated rings. The number of nitrogens with one attached hydrogen (secondary N) is 1. The van der Waals surface area contributed by atoms with Gasteiger partial charge in [-0.05, 0) is 38.5 Å². The van der Waals surface area contributed by atoms with Gasteiger partial charge in [0.15, 0.2) is 0 Å². The highest BCUT2D eigenvalue weighted by Crippen LogP contribution is 2.35. The number of hydrogen-bond acceptors (Lipinski definition) is 3. The minimum Gasteiger partial charge on any atom is -0.350 e. The molecule has 0 atom stereocenters. The standard InChI is InChI=1S/C15H21N3O2/c1-11(12-2-3-12)10-14(19)17-13-5-8-18(9-6-13)15(20)4-7-16/h10,12-13H,2-6,8-9H2,1H3,(H,17,19)/b11-10+. The molecule has 0 radical (unpaired) electrons. The normalized spacial score (nSPS) is 20.4. The third-order valence-electron chi connectivity index (χ3n) is 4.00. The van der Waals surface area contributed by atoms with Gasteiger partial charge in [0, 0.05) is 25.2 Å². The number of carbonyl (C=O) groups is 2. The first kappa shape index (κ1) is 14.6. The molecule has 1 saturated heterocycles. The van der Waals surface area contributed by atoms with Crippen LogP contribution < -0.4 is 5.32 Å². The summed E-state index contributed by atoms with van der Waals surface area (Å²) in [6, 6.07) is 2.01. The minimum absolute atomic E-state index is 0.0174. The van der Waals surface area contributed by atoms with E-state index in [4.69, 9.17) is 5.26 Å². The number of piperidine rings is 1. The van der Waals surface area contributed by atoms with Crippen LogP contribution in [0.4, 0.5) is 0 Å². The van der Waals surface area contributed by atoms with E-state index in [1.165, 1.54) is 18.4 Å². The summed E-state index contributed by atoms with van der Waals surface area (Å²) >= 11 is 0. The zero-order chi connectivity index (χ0) is 14.5. The SMILES string of the molecule is C/C(=C\C(=O)NC1CCN(C(=O)CC#N)CC1)C1CC1. The van der Waals surface area contributed by atoms with Gasteiger partial charge in [-0.3, -0.25) is 9.59 Å². The predicted octanol–water partition coefficient (Wildman–Crippen LogP) is 1.36. The van der Waals surface area contributed by atoms with Crippen LogP contribution >= 0.6 is 0 Å². The molecule has 0 unspecified atom stereocenters. The lowest BCUT2D eigenvalue weighted by Crippen LogP contribution is -2.46. The van der Waals surface area contributed by atoms with Crippen LogP contribution in [0, 0.1) is 17.2 Å². The van der Waals surface area contributed by atoms with Gasteiger partial charge < -0.3 is 10.2 Å². The van der Waals surface area contributed by atoms with Gasteiger partial charge in [0.1, 0.15) is 6.42 Å². The van der Waals surface area contributed by atoms with Gasteiger partial charge in [0.2, 0.25) is 11.8 Å². The summed E-state index contributed by atoms with van der Waals surface area (Å²) in [7, 11) is 0. The molecule has 0 bridgehead atoms. The van der Waals surface area contributed by atoms with Gasteiger partial charge in [-0.25, -0.2) is 0 Å². The maximum atomic E-state index is 11.9. The first-order valence-electron chi connectivity index (χ1n) is 7.23. The Morgan fingerprint density at radius 3 is 2.50 bits per heavy atom. The molecule has 0 spiro atoms. The quantitative estimate of drug-likeness (QED) is 0.787. The third-order valence-corrected chi connectivity index (χ3v) is 4.00. The first-order valence-corrected chi connectivity index (χ1v) is 7.23. The van der Waals surface area contributed by atoms with E-state index in [9.17, 15) is 9.59 Å². The van der Waals surface area contributed by atoms with E-state index in [1.807, 2.05) is 13.0 Å². The predicted molar refractivity (Wildman–Crippen MR) is 74.5 cm³/mol. The van der Waals surface area contributed by atoms with E-state index in [2.05, 4.69) is 5.32 Å². The summed E-state index contributed by atoms with van der Waals surface area (Å²) in [5.74, 6) is 0.490. The fourth-order valence-electron chi connectivity index (χ4n) is 2.56. The molecule has 1 aliphatic heterocycles. The Morgan fingerprint density at radius 2 is 1.95 bits per heavy atom. The summed E-state index contributed by atoms with van der Waals surface area (Å²) in [6.45, 7) is 3.26. The zero-order valence-corrected chi connectivity index (χ0v) is 11.9. The topological polar surface area (TPSA) is 73.2 Å². The Labute approximate surface area is 119 Å². The lowest BCUT2D eigenvalue weighted by Gasteiger charge is -2.31. The van der Waals surface area contributed by atoms with Gasteiger partial charge in [0.25, 0.3) is 0 Å². The van der Waals surface area contributed by atoms with E-state index in [0.29, 0.717) is 19.0 Å². The minimum atomic E-state index is -0.109. The second kappa shape index (κ2) is 6.56. The highest BCUT2D eigenvalue weighted by Gasteiger charge is 2.25. The molecule has 2 aliphatic rings. The Kier molecular flexibility index (Phi) is 4.78. The largest absolute Gasteiger partial charge is 0.350 e. The van der Waals surface area contributed by atoms with Crippen molar-refractivity contribution in [1.29, 1.82) is 5.26 Å². The molecule has 108 valence electrons. The van der Waals surface area contributed by atoms with Crippen molar-refractivity contribution in [3.05, 3.63) is 11.6 Å². The summed E-state index contributed by atoms with van der Waals surface area (Å²) in [6.07, 6.45) is 5.59. The van der Waals surface area contributed by atoms with Crippen molar-refractivity contribution in [3.63, 3.8) is 0 Å². The number of nitrogens with zero attached hydrogens (tertiary/aromatic N) is 2. The van der Waals surface area contributed by atoms with Crippen LogP contribution in [0.5, 0.6) is 0 Å². The first-order chi connectivity index (χ1) is 9.60. The molecular weight excluding hydrogens is 254 g/mol. The number of amides is 2.